The first-order valence-electron chi connectivity index (χ1n) is 8.73. The van der Waals surface area contributed by atoms with Crippen molar-refractivity contribution in [3.8, 4) is 0 Å². The molecule has 0 aliphatic heterocycles. The highest BCUT2D eigenvalue weighted by atomic mass is 16.6. The molecule has 3 aromatic carbocycles. The summed E-state index contributed by atoms with van der Waals surface area (Å²) in [5, 5.41) is 12.2. The van der Waals surface area contributed by atoms with Gasteiger partial charge in [-0.2, -0.15) is 0 Å². The number of nitro benzene ring substituents is 1. The summed E-state index contributed by atoms with van der Waals surface area (Å²) in [6.45, 7) is 0. The normalized spacial score (nSPS) is 12.0. The summed E-state index contributed by atoms with van der Waals surface area (Å²) in [5.41, 5.74) is 4.37. The van der Waals surface area contributed by atoms with E-state index in [1.165, 1.54) is 0 Å². The summed E-state index contributed by atoms with van der Waals surface area (Å²) < 4.78 is 0. The molecular weight excluding hydrogens is 338 g/mol. The van der Waals surface area contributed by atoms with Gasteiger partial charge in [-0.15, -0.1) is 0 Å². The third-order valence-corrected chi connectivity index (χ3v) is 4.89. The number of benzene rings is 3. The van der Waals surface area contributed by atoms with E-state index in [0.717, 1.165) is 27.7 Å². The lowest BCUT2D eigenvalue weighted by molar-refractivity contribution is -0.384. The van der Waals surface area contributed by atoms with Gasteiger partial charge in [-0.1, -0.05) is 36.4 Å². The number of H-pyrrole nitrogens is 1. The molecule has 1 aromatic heterocycles. The predicted octanol–water partition coefficient (Wildman–Crippen LogP) is 5.30. The van der Waals surface area contributed by atoms with Gasteiger partial charge in [-0.25, -0.2) is 0 Å². The number of hydrogen-bond acceptors (Lipinski definition) is 3. The molecule has 134 valence electrons. The Labute approximate surface area is 157 Å². The Bertz CT molecular complexity index is 1070. The monoisotopic (exact) mass is 357 g/mol. The number of anilines is 1. The summed E-state index contributed by atoms with van der Waals surface area (Å²) in [5.74, 6) is 0. The van der Waals surface area contributed by atoms with Gasteiger partial charge < -0.3 is 9.88 Å². The van der Waals surface area contributed by atoms with Crippen LogP contribution in [0.1, 0.15) is 17.2 Å². The largest absolute Gasteiger partial charge is 0.363 e. The molecule has 0 aliphatic rings. The van der Waals surface area contributed by atoms with Gasteiger partial charge in [0.25, 0.3) is 5.69 Å². The molecule has 5 heteroatoms. The first-order chi connectivity index (χ1) is 13.1. The molecule has 1 N–H and O–H groups in total. The van der Waals surface area contributed by atoms with Crippen LogP contribution in [0.3, 0.4) is 0 Å². The van der Waals surface area contributed by atoms with Gasteiger partial charge >= 0.3 is 0 Å². The number of aromatic nitrogens is 1. The summed E-state index contributed by atoms with van der Waals surface area (Å²) in [4.78, 5) is 16.2. The molecule has 0 aliphatic carbocycles. The zero-order valence-corrected chi connectivity index (χ0v) is 14.9. The van der Waals surface area contributed by atoms with Gasteiger partial charge in [0, 0.05) is 47.5 Å². The van der Waals surface area contributed by atoms with Crippen molar-refractivity contribution in [1.82, 2.24) is 4.98 Å². The van der Waals surface area contributed by atoms with Gasteiger partial charge in [0.05, 0.1) is 11.0 Å². The molecular formula is C22H19N3O2. The first kappa shape index (κ1) is 16.8. The second-order valence-electron chi connectivity index (χ2n) is 6.49. The van der Waals surface area contributed by atoms with Gasteiger partial charge in [-0.05, 0) is 35.9 Å². The van der Waals surface area contributed by atoms with Crippen LogP contribution < -0.4 is 4.90 Å². The van der Waals surface area contributed by atoms with Crippen LogP contribution >= 0.6 is 0 Å². The Morgan fingerprint density at radius 3 is 2.30 bits per heavy atom. The molecule has 4 aromatic rings. The van der Waals surface area contributed by atoms with Crippen molar-refractivity contribution in [2.75, 3.05) is 11.9 Å². The Hall–Kier alpha value is -3.60. The average Bonchev–Trinajstić information content (AvgIpc) is 3.13. The zero-order valence-electron chi connectivity index (χ0n) is 14.9. The molecule has 1 heterocycles. The first-order valence-corrected chi connectivity index (χ1v) is 8.73. The lowest BCUT2D eigenvalue weighted by atomic mass is 9.96. The number of nitrogens with zero attached hydrogens (tertiary/aromatic N) is 2. The van der Waals surface area contributed by atoms with E-state index in [-0.39, 0.29) is 16.7 Å². The van der Waals surface area contributed by atoms with Gasteiger partial charge in [0.15, 0.2) is 0 Å². The minimum absolute atomic E-state index is 0.0793. The lowest BCUT2D eigenvalue weighted by Gasteiger charge is -2.30. The maximum atomic E-state index is 11.0. The summed E-state index contributed by atoms with van der Waals surface area (Å²) in [7, 11) is 2.04. The maximum absolute atomic E-state index is 11.0. The minimum atomic E-state index is -0.370. The quantitative estimate of drug-likeness (QED) is 0.389. The molecule has 1 unspecified atom stereocenters. The second-order valence-corrected chi connectivity index (χ2v) is 6.49. The van der Waals surface area contributed by atoms with Crippen LogP contribution in [-0.4, -0.2) is 17.0 Å². The minimum Gasteiger partial charge on any atom is -0.363 e. The van der Waals surface area contributed by atoms with Crippen molar-refractivity contribution in [1.29, 1.82) is 0 Å². The van der Waals surface area contributed by atoms with Crippen molar-refractivity contribution >= 4 is 22.3 Å². The SMILES string of the molecule is CN(c1ccccc1)C(c1ccc([N+](=O)[O-])cc1)c1c[nH]c2ccccc12. The lowest BCUT2D eigenvalue weighted by Crippen LogP contribution is -2.25. The fraction of sp³-hybridized carbons (Fsp3) is 0.0909. The molecule has 0 bridgehead atoms. The summed E-state index contributed by atoms with van der Waals surface area (Å²) in [6, 6.07) is 25.0. The zero-order chi connectivity index (χ0) is 18.8. The molecule has 4 rings (SSSR count). The van der Waals surface area contributed by atoms with E-state index in [4.69, 9.17) is 0 Å². The van der Waals surface area contributed by atoms with Gasteiger partial charge in [-0.3, -0.25) is 10.1 Å². The Balaban J connectivity index is 1.86. The molecule has 0 radical (unpaired) electrons. The number of aromatic amines is 1. The van der Waals surface area contributed by atoms with Crippen LogP contribution in [0.2, 0.25) is 0 Å². The number of fused-ring (bicyclic) bond motifs is 1. The van der Waals surface area contributed by atoms with E-state index in [9.17, 15) is 10.1 Å². The Kier molecular flexibility index (Phi) is 4.34. The van der Waals surface area contributed by atoms with E-state index in [0.29, 0.717) is 0 Å². The second kappa shape index (κ2) is 6.96. The number of non-ortho nitro benzene ring substituents is 1. The average molecular weight is 357 g/mol. The van der Waals surface area contributed by atoms with E-state index in [2.05, 4.69) is 28.1 Å². The highest BCUT2D eigenvalue weighted by molar-refractivity contribution is 5.84. The van der Waals surface area contributed by atoms with Crippen molar-refractivity contribution in [3.05, 3.63) is 106 Å². The van der Waals surface area contributed by atoms with Crippen LogP contribution in [0, 0.1) is 10.1 Å². The van der Waals surface area contributed by atoms with Gasteiger partial charge in [0.2, 0.25) is 0 Å². The van der Waals surface area contributed by atoms with E-state index in [1.54, 1.807) is 12.1 Å². The van der Waals surface area contributed by atoms with Crippen LogP contribution in [-0.2, 0) is 0 Å². The molecule has 5 nitrogen and oxygen atoms in total. The Morgan fingerprint density at radius 1 is 0.926 bits per heavy atom. The molecule has 0 fully saturated rings. The number of nitro groups is 1. The van der Waals surface area contributed by atoms with Crippen molar-refractivity contribution in [2.24, 2.45) is 0 Å². The third kappa shape index (κ3) is 3.15. The molecule has 0 spiro atoms. The highest BCUT2D eigenvalue weighted by Gasteiger charge is 2.23. The number of nitrogens with one attached hydrogen (secondary N) is 1. The van der Waals surface area contributed by atoms with E-state index < -0.39 is 0 Å². The van der Waals surface area contributed by atoms with E-state index >= 15 is 0 Å². The van der Waals surface area contributed by atoms with Crippen LogP contribution in [0.5, 0.6) is 0 Å². The van der Waals surface area contributed by atoms with E-state index in [1.807, 2.05) is 61.8 Å². The van der Waals surface area contributed by atoms with Crippen molar-refractivity contribution in [2.45, 2.75) is 6.04 Å². The third-order valence-electron chi connectivity index (χ3n) is 4.89. The smallest absolute Gasteiger partial charge is 0.269 e. The summed E-state index contributed by atoms with van der Waals surface area (Å²) >= 11 is 0. The molecule has 1 atom stereocenters. The summed E-state index contributed by atoms with van der Waals surface area (Å²) in [6.07, 6.45) is 2.02. The van der Waals surface area contributed by atoms with Crippen LogP contribution in [0.4, 0.5) is 11.4 Å². The molecule has 0 saturated carbocycles. The number of rotatable bonds is 5. The molecule has 0 amide bonds. The van der Waals surface area contributed by atoms with Crippen LogP contribution in [0.25, 0.3) is 10.9 Å². The predicted molar refractivity (Wildman–Crippen MR) is 108 cm³/mol. The standard InChI is InChI=1S/C22H19N3O2/c1-24(17-7-3-2-4-8-17)22(16-11-13-18(14-12-16)25(26)27)20-15-23-21-10-6-5-9-19(20)21/h2-15,22-23H,1H3. The highest BCUT2D eigenvalue weighted by Crippen LogP contribution is 2.36. The number of para-hydroxylation sites is 2. The molecule has 0 saturated heterocycles. The van der Waals surface area contributed by atoms with Gasteiger partial charge in [0.1, 0.15) is 0 Å². The fourth-order valence-electron chi connectivity index (χ4n) is 3.52. The number of hydrogen-bond donors (Lipinski definition) is 1. The van der Waals surface area contributed by atoms with Crippen LogP contribution in [0.15, 0.2) is 85.1 Å². The van der Waals surface area contributed by atoms with Crippen molar-refractivity contribution in [3.63, 3.8) is 0 Å². The molecule has 27 heavy (non-hydrogen) atoms. The van der Waals surface area contributed by atoms with Crippen molar-refractivity contribution < 1.29 is 4.92 Å². The maximum Gasteiger partial charge on any atom is 0.269 e. The Morgan fingerprint density at radius 2 is 1.59 bits per heavy atom. The topological polar surface area (TPSA) is 62.2 Å². The fourth-order valence-corrected chi connectivity index (χ4v) is 3.52.